The minimum Gasteiger partial charge on any atom is -0.456 e. The summed E-state index contributed by atoms with van der Waals surface area (Å²) in [7, 11) is 0. The average molecular weight is 634 g/mol. The SMILES string of the molecule is C=Cc1sc2ccc(N(c3ccc(-c4ccc5oc6ccccc6c5c4)cc3)c3ccc4c(ccc5ccccc54)c3)cc2c1/C=C\C. The minimum absolute atomic E-state index is 0.910. The molecule has 2 nitrogen and oxygen atoms in total. The van der Waals surface area contributed by atoms with Crippen molar-refractivity contribution in [2.24, 2.45) is 0 Å². The van der Waals surface area contributed by atoms with Crippen LogP contribution in [0.3, 0.4) is 0 Å². The van der Waals surface area contributed by atoms with Crippen molar-refractivity contribution in [2.75, 3.05) is 4.90 Å². The fourth-order valence-corrected chi connectivity index (χ4v) is 8.07. The lowest BCUT2D eigenvalue weighted by Gasteiger charge is -2.26. The average Bonchev–Trinajstić information content (AvgIpc) is 3.69. The number of thiophene rings is 1. The Kier molecular flexibility index (Phi) is 6.74. The highest BCUT2D eigenvalue weighted by Gasteiger charge is 2.17. The van der Waals surface area contributed by atoms with Gasteiger partial charge in [0.1, 0.15) is 11.2 Å². The largest absolute Gasteiger partial charge is 0.456 e. The molecule has 0 aliphatic rings. The molecule has 0 radical (unpaired) electrons. The normalized spacial score (nSPS) is 11.9. The van der Waals surface area contributed by atoms with E-state index in [0.29, 0.717) is 0 Å². The fraction of sp³-hybridized carbons (Fsp3) is 0.0222. The standard InChI is InChI=1S/C45H31NOS/c1-3-9-39-41-28-35(22-25-45(41)48-44(39)4-2)46(34-21-23-37-32(26-34)15-14-30-10-5-6-11-36(30)37)33-19-16-29(17-20-33)31-18-24-43-40(27-31)38-12-7-8-13-42(38)47-43/h3-28H,2H2,1H3/b9-3-. The Hall–Kier alpha value is -5.90. The fourth-order valence-electron chi connectivity index (χ4n) is 7.05. The van der Waals surface area contributed by atoms with Gasteiger partial charge in [0, 0.05) is 48.4 Å². The third-order valence-electron chi connectivity index (χ3n) is 9.34. The van der Waals surface area contributed by atoms with Gasteiger partial charge < -0.3 is 9.32 Å². The Balaban J connectivity index is 1.19. The van der Waals surface area contributed by atoms with Crippen molar-refractivity contribution < 1.29 is 4.42 Å². The Bertz CT molecular complexity index is 2710. The highest BCUT2D eigenvalue weighted by molar-refractivity contribution is 7.20. The molecule has 0 N–H and O–H groups in total. The van der Waals surface area contributed by atoms with Crippen LogP contribution in [0.4, 0.5) is 17.1 Å². The van der Waals surface area contributed by atoms with E-state index in [1.807, 2.05) is 18.2 Å². The Labute approximate surface area is 283 Å². The van der Waals surface area contributed by atoms with Crippen LogP contribution < -0.4 is 4.90 Å². The summed E-state index contributed by atoms with van der Waals surface area (Å²) in [5, 5.41) is 8.51. The molecule has 0 amide bonds. The van der Waals surface area contributed by atoms with Gasteiger partial charge in [-0.1, -0.05) is 104 Å². The number of benzene rings is 7. The first-order valence-electron chi connectivity index (χ1n) is 16.2. The summed E-state index contributed by atoms with van der Waals surface area (Å²) in [5.74, 6) is 0. The smallest absolute Gasteiger partial charge is 0.135 e. The molecule has 0 fully saturated rings. The first-order chi connectivity index (χ1) is 23.7. The molecule has 0 unspecified atom stereocenters. The Morgan fingerprint density at radius 1 is 0.562 bits per heavy atom. The maximum atomic E-state index is 6.09. The maximum absolute atomic E-state index is 6.09. The topological polar surface area (TPSA) is 16.4 Å². The molecule has 2 heterocycles. The van der Waals surface area contributed by atoms with Gasteiger partial charge in [0.2, 0.25) is 0 Å². The van der Waals surface area contributed by atoms with Crippen LogP contribution in [0, 0.1) is 0 Å². The van der Waals surface area contributed by atoms with Gasteiger partial charge >= 0.3 is 0 Å². The van der Waals surface area contributed by atoms with Crippen molar-refractivity contribution in [3.8, 4) is 11.1 Å². The lowest BCUT2D eigenvalue weighted by atomic mass is 10.0. The van der Waals surface area contributed by atoms with E-state index in [4.69, 9.17) is 4.42 Å². The van der Waals surface area contributed by atoms with Crippen LogP contribution in [0.25, 0.3) is 76.8 Å². The highest BCUT2D eigenvalue weighted by Crippen LogP contribution is 2.42. The molecule has 0 saturated carbocycles. The van der Waals surface area contributed by atoms with Crippen LogP contribution in [0.1, 0.15) is 17.4 Å². The quantitative estimate of drug-likeness (QED) is 0.169. The van der Waals surface area contributed by atoms with Gasteiger partial charge in [-0.15, -0.1) is 11.3 Å². The zero-order chi connectivity index (χ0) is 32.2. The predicted octanol–water partition coefficient (Wildman–Crippen LogP) is 13.9. The number of allylic oxidation sites excluding steroid dienone is 1. The molecular formula is C45H31NOS. The second kappa shape index (κ2) is 11.4. The van der Waals surface area contributed by atoms with Gasteiger partial charge in [0.25, 0.3) is 0 Å². The van der Waals surface area contributed by atoms with Gasteiger partial charge in [-0.25, -0.2) is 0 Å². The van der Waals surface area contributed by atoms with Crippen molar-refractivity contribution in [3.63, 3.8) is 0 Å². The number of rotatable bonds is 6. The molecule has 0 aliphatic heterocycles. The molecule has 0 atom stereocenters. The van der Waals surface area contributed by atoms with Crippen LogP contribution in [-0.4, -0.2) is 0 Å². The number of furan rings is 1. The number of nitrogens with zero attached hydrogens (tertiary/aromatic N) is 1. The first-order valence-corrected chi connectivity index (χ1v) is 17.1. The lowest BCUT2D eigenvalue weighted by molar-refractivity contribution is 0.669. The molecule has 48 heavy (non-hydrogen) atoms. The number of para-hydroxylation sites is 1. The third kappa shape index (κ3) is 4.63. The van der Waals surface area contributed by atoms with Gasteiger partial charge in [-0.3, -0.25) is 0 Å². The van der Waals surface area contributed by atoms with E-state index in [9.17, 15) is 0 Å². The molecule has 9 rings (SSSR count). The molecule has 0 spiro atoms. The predicted molar refractivity (Wildman–Crippen MR) is 209 cm³/mol. The first kappa shape index (κ1) is 28.3. The summed E-state index contributed by atoms with van der Waals surface area (Å²) in [6, 6.07) is 50.3. The molecule has 0 bridgehead atoms. The summed E-state index contributed by atoms with van der Waals surface area (Å²) >= 11 is 1.79. The van der Waals surface area contributed by atoms with E-state index >= 15 is 0 Å². The van der Waals surface area contributed by atoms with Crippen LogP contribution in [0.5, 0.6) is 0 Å². The van der Waals surface area contributed by atoms with E-state index in [0.717, 1.165) is 50.1 Å². The zero-order valence-electron chi connectivity index (χ0n) is 26.5. The minimum atomic E-state index is 0.910. The summed E-state index contributed by atoms with van der Waals surface area (Å²) in [6.07, 6.45) is 6.27. The second-order valence-electron chi connectivity index (χ2n) is 12.1. The van der Waals surface area contributed by atoms with Crippen molar-refractivity contribution >= 4 is 94.1 Å². The molecule has 228 valence electrons. The Morgan fingerprint density at radius 3 is 2.10 bits per heavy atom. The molecule has 0 saturated heterocycles. The number of hydrogen-bond donors (Lipinski definition) is 0. The summed E-state index contributed by atoms with van der Waals surface area (Å²) < 4.78 is 7.35. The van der Waals surface area contributed by atoms with E-state index in [1.54, 1.807) is 11.3 Å². The highest BCUT2D eigenvalue weighted by atomic mass is 32.1. The van der Waals surface area contributed by atoms with Crippen molar-refractivity contribution in [3.05, 3.63) is 163 Å². The maximum Gasteiger partial charge on any atom is 0.135 e. The van der Waals surface area contributed by atoms with Crippen molar-refractivity contribution in [1.29, 1.82) is 0 Å². The Morgan fingerprint density at radius 2 is 1.25 bits per heavy atom. The molecule has 7 aromatic carbocycles. The molecule has 3 heteroatoms. The summed E-state index contributed by atoms with van der Waals surface area (Å²) in [4.78, 5) is 3.56. The molecule has 0 aliphatic carbocycles. The van der Waals surface area contributed by atoms with Crippen LogP contribution in [0.15, 0.2) is 157 Å². The van der Waals surface area contributed by atoms with E-state index in [-0.39, 0.29) is 0 Å². The van der Waals surface area contributed by atoms with Gasteiger partial charge in [-0.05, 0) is 100 Å². The van der Waals surface area contributed by atoms with Gasteiger partial charge in [-0.2, -0.15) is 0 Å². The van der Waals surface area contributed by atoms with Gasteiger partial charge in [0.15, 0.2) is 0 Å². The monoisotopic (exact) mass is 633 g/mol. The van der Waals surface area contributed by atoms with Crippen LogP contribution in [0.2, 0.25) is 0 Å². The summed E-state index contributed by atoms with van der Waals surface area (Å²) in [6.45, 7) is 6.16. The van der Waals surface area contributed by atoms with Crippen molar-refractivity contribution in [1.82, 2.24) is 0 Å². The number of fused-ring (bicyclic) bond motifs is 7. The lowest BCUT2D eigenvalue weighted by Crippen LogP contribution is -2.09. The zero-order valence-corrected chi connectivity index (χ0v) is 27.3. The van der Waals surface area contributed by atoms with Gasteiger partial charge in [0.05, 0.1) is 0 Å². The van der Waals surface area contributed by atoms with Crippen LogP contribution in [-0.2, 0) is 0 Å². The third-order valence-corrected chi connectivity index (χ3v) is 10.5. The van der Waals surface area contributed by atoms with E-state index in [1.165, 1.54) is 42.1 Å². The van der Waals surface area contributed by atoms with Crippen molar-refractivity contribution in [2.45, 2.75) is 6.92 Å². The van der Waals surface area contributed by atoms with E-state index in [2.05, 4.69) is 158 Å². The number of anilines is 3. The van der Waals surface area contributed by atoms with E-state index < -0.39 is 0 Å². The number of hydrogen-bond acceptors (Lipinski definition) is 3. The summed E-state index contributed by atoms with van der Waals surface area (Å²) in [5.41, 5.74) is 8.69. The second-order valence-corrected chi connectivity index (χ2v) is 13.2. The molecule has 9 aromatic rings. The van der Waals surface area contributed by atoms with Crippen LogP contribution >= 0.6 is 11.3 Å². The molecule has 2 aromatic heterocycles. The molecular weight excluding hydrogens is 603 g/mol.